The molecule has 0 unspecified atom stereocenters. The molecule has 0 aliphatic carbocycles. The number of rotatable bonds is 2. The minimum atomic E-state index is 0.250. The molecule has 41 valence electrons. The van der Waals surface area contributed by atoms with Crippen LogP contribution in [0.15, 0.2) is 0 Å². The summed E-state index contributed by atoms with van der Waals surface area (Å²) in [6.45, 7) is 13.3. The van der Waals surface area contributed by atoms with Crippen LogP contribution in [-0.4, -0.2) is 0 Å². The van der Waals surface area contributed by atoms with Gasteiger partial charge in [0.05, 0.1) is 0 Å². The third-order valence-electron chi connectivity index (χ3n) is 1.44. The van der Waals surface area contributed by atoms with Crippen molar-refractivity contribution in [3.63, 3.8) is 0 Å². The number of hydrogen-bond acceptors (Lipinski definition) is 0. The van der Waals surface area contributed by atoms with E-state index in [1.807, 2.05) is 0 Å². The molecule has 0 saturated carbocycles. The highest BCUT2D eigenvalue weighted by Gasteiger charge is 2.10. The van der Waals surface area contributed by atoms with Crippen LogP contribution < -0.4 is 0 Å². The molecule has 0 heteroatoms. The molecule has 0 N–H and O–H groups in total. The van der Waals surface area contributed by atoms with Crippen molar-refractivity contribution in [2.45, 2.75) is 33.6 Å². The maximum atomic E-state index is 7.01. The average Bonchev–Trinajstić information content (AvgIpc) is 1.68. The fourth-order valence-corrected chi connectivity index (χ4v) is 0.125. The van der Waals surface area contributed by atoms with E-state index in [-0.39, 0.29) is 5.41 Å². The van der Waals surface area contributed by atoms with E-state index in [2.05, 4.69) is 20.8 Å². The van der Waals surface area contributed by atoms with Gasteiger partial charge in [-0.1, -0.05) is 27.2 Å². The molecule has 0 aromatic rings. The van der Waals surface area contributed by atoms with Gasteiger partial charge in [-0.3, -0.25) is 0 Å². The Kier molecular flexibility index (Phi) is 2.34. The van der Waals surface area contributed by atoms with Crippen LogP contribution in [0.5, 0.6) is 0 Å². The van der Waals surface area contributed by atoms with Gasteiger partial charge in [0.25, 0.3) is 0 Å². The van der Waals surface area contributed by atoms with Gasteiger partial charge in [-0.15, -0.1) is 0 Å². The maximum absolute atomic E-state index is 7.01. The van der Waals surface area contributed by atoms with E-state index in [0.29, 0.717) is 6.42 Å². The Morgan fingerprint density at radius 2 is 1.86 bits per heavy atom. The highest BCUT2D eigenvalue weighted by molar-refractivity contribution is 4.66. The van der Waals surface area contributed by atoms with Gasteiger partial charge in [-0.25, -0.2) is 0 Å². The van der Waals surface area contributed by atoms with E-state index < -0.39 is 0 Å². The van der Waals surface area contributed by atoms with Crippen LogP contribution in [0.3, 0.4) is 0 Å². The molecule has 0 fully saturated rings. The lowest BCUT2D eigenvalue weighted by Crippen LogP contribution is -2.06. The van der Waals surface area contributed by atoms with Gasteiger partial charge in [0.15, 0.2) is 0 Å². The molecule has 0 aromatic carbocycles. The summed E-state index contributed by atoms with van der Waals surface area (Å²) in [5.74, 6) is 0. The molecule has 0 aliphatic rings. The van der Waals surface area contributed by atoms with Gasteiger partial charge in [0.2, 0.25) is 0 Å². The molecule has 3 radical (unpaired) electrons. The van der Waals surface area contributed by atoms with Crippen molar-refractivity contribution in [1.29, 1.82) is 0 Å². The first-order chi connectivity index (χ1) is 3.12. The molecule has 0 bridgehead atoms. The van der Waals surface area contributed by atoms with Gasteiger partial charge >= 0.3 is 0 Å². The quantitative estimate of drug-likeness (QED) is 0.496. The predicted octanol–water partition coefficient (Wildman–Crippen LogP) is 2.40. The lowest BCUT2D eigenvalue weighted by atomic mass is 9.88. The highest BCUT2D eigenvalue weighted by atomic mass is 14.1. The van der Waals surface area contributed by atoms with Crippen molar-refractivity contribution in [3.8, 4) is 0 Å². The fraction of sp³-hybridized carbons (Fsp3) is 0.857. The average molecular weight is 97.2 g/mol. The lowest BCUT2D eigenvalue weighted by molar-refractivity contribution is 0.355. The molecule has 0 heterocycles. The Morgan fingerprint density at radius 3 is 1.86 bits per heavy atom. The molecule has 0 rings (SSSR count). The van der Waals surface area contributed by atoms with E-state index in [4.69, 9.17) is 6.92 Å². The van der Waals surface area contributed by atoms with Crippen molar-refractivity contribution in [2.75, 3.05) is 0 Å². The second-order valence-corrected chi connectivity index (χ2v) is 2.69. The van der Waals surface area contributed by atoms with Gasteiger partial charge < -0.3 is 0 Å². The summed E-state index contributed by atoms with van der Waals surface area (Å²) in [7, 11) is 0. The molecule has 0 spiro atoms. The second kappa shape index (κ2) is 2.34. The summed E-state index contributed by atoms with van der Waals surface area (Å²) in [5, 5.41) is 0. The van der Waals surface area contributed by atoms with Crippen LogP contribution in [0.25, 0.3) is 0 Å². The Balaban J connectivity index is 3.36. The van der Waals surface area contributed by atoms with Gasteiger partial charge in [-0.05, 0) is 18.8 Å². The summed E-state index contributed by atoms with van der Waals surface area (Å²) in [6.07, 6.45) is 1.65. The second-order valence-electron chi connectivity index (χ2n) is 2.69. The first kappa shape index (κ1) is 7.00. The van der Waals surface area contributed by atoms with Crippen LogP contribution in [-0.2, 0) is 0 Å². The van der Waals surface area contributed by atoms with Crippen LogP contribution >= 0.6 is 0 Å². The molecule has 0 atom stereocenters. The van der Waals surface area contributed by atoms with Crippen molar-refractivity contribution < 1.29 is 0 Å². The van der Waals surface area contributed by atoms with E-state index in [9.17, 15) is 0 Å². The zero-order chi connectivity index (χ0) is 5.91. The van der Waals surface area contributed by atoms with Gasteiger partial charge in [-0.2, -0.15) is 0 Å². The minimum absolute atomic E-state index is 0.250. The van der Waals surface area contributed by atoms with Crippen LogP contribution in [0, 0.1) is 12.3 Å². The zero-order valence-corrected chi connectivity index (χ0v) is 5.41. The van der Waals surface area contributed by atoms with Crippen LogP contribution in [0.4, 0.5) is 0 Å². The molecule has 0 nitrogen and oxygen atoms in total. The first-order valence-corrected chi connectivity index (χ1v) is 2.77. The number of hydrogen-bond donors (Lipinski definition) is 0. The van der Waals surface area contributed by atoms with Crippen molar-refractivity contribution in [2.24, 2.45) is 5.41 Å². The normalized spacial score (nSPS) is 12.0. The van der Waals surface area contributed by atoms with E-state index in [1.54, 1.807) is 0 Å². The third-order valence-corrected chi connectivity index (χ3v) is 1.44. The molecular formula is C7H13. The molecule has 7 heavy (non-hydrogen) atoms. The largest absolute Gasteiger partial charge is 0.0649 e. The zero-order valence-electron chi connectivity index (χ0n) is 5.41. The maximum Gasteiger partial charge on any atom is -0.00879 e. The van der Waals surface area contributed by atoms with Gasteiger partial charge in [0.1, 0.15) is 0 Å². The van der Waals surface area contributed by atoms with E-state index in [1.165, 1.54) is 0 Å². The summed E-state index contributed by atoms with van der Waals surface area (Å²) < 4.78 is 0. The SMILES string of the molecule is [C]CC(C)(C)CC. The summed E-state index contributed by atoms with van der Waals surface area (Å²) in [5.41, 5.74) is 0.250. The summed E-state index contributed by atoms with van der Waals surface area (Å²) in [6, 6.07) is 0. The molecule has 0 aliphatic heterocycles. The molecular weight excluding hydrogens is 84.1 g/mol. The topological polar surface area (TPSA) is 0 Å². The fourth-order valence-electron chi connectivity index (χ4n) is 0.125. The third kappa shape index (κ3) is 2.67. The minimum Gasteiger partial charge on any atom is -0.0649 e. The monoisotopic (exact) mass is 97.1 g/mol. The van der Waals surface area contributed by atoms with Crippen molar-refractivity contribution in [1.82, 2.24) is 0 Å². The lowest BCUT2D eigenvalue weighted by Gasteiger charge is -2.18. The first-order valence-electron chi connectivity index (χ1n) is 2.77. The molecule has 0 aromatic heterocycles. The molecule has 0 saturated heterocycles. The highest BCUT2D eigenvalue weighted by Crippen LogP contribution is 2.22. The Morgan fingerprint density at radius 1 is 1.43 bits per heavy atom. The van der Waals surface area contributed by atoms with E-state index in [0.717, 1.165) is 6.42 Å². The summed E-state index contributed by atoms with van der Waals surface area (Å²) in [4.78, 5) is 0. The Bertz CT molecular complexity index is 38.0. The Hall–Kier alpha value is 0. The smallest absolute Gasteiger partial charge is 0.00879 e. The van der Waals surface area contributed by atoms with Crippen molar-refractivity contribution in [3.05, 3.63) is 6.92 Å². The molecule has 0 amide bonds. The standard InChI is InChI=1S/C7H13/c1-5-7(3,4)6-2/h5-6H2,1,3-4H3. The van der Waals surface area contributed by atoms with E-state index >= 15 is 0 Å². The summed E-state index contributed by atoms with van der Waals surface area (Å²) >= 11 is 0. The van der Waals surface area contributed by atoms with Crippen LogP contribution in [0.1, 0.15) is 33.6 Å². The van der Waals surface area contributed by atoms with Crippen molar-refractivity contribution >= 4 is 0 Å². The Labute approximate surface area is 46.9 Å². The van der Waals surface area contributed by atoms with Crippen LogP contribution in [0.2, 0.25) is 0 Å². The van der Waals surface area contributed by atoms with Gasteiger partial charge in [0, 0.05) is 0 Å². The predicted molar refractivity (Wildman–Crippen MR) is 31.9 cm³/mol.